The highest BCUT2D eigenvalue weighted by atomic mass is 32.1. The van der Waals surface area contributed by atoms with Crippen LogP contribution in [0.25, 0.3) is 4.95 Å². The minimum absolute atomic E-state index is 0.00722. The van der Waals surface area contributed by atoms with Gasteiger partial charge < -0.3 is 19.1 Å². The fraction of sp³-hybridized carbons (Fsp3) is 0.706. The van der Waals surface area contributed by atoms with Gasteiger partial charge in [0.2, 0.25) is 0 Å². The van der Waals surface area contributed by atoms with Crippen molar-refractivity contribution >= 4 is 61.8 Å². The lowest BCUT2D eigenvalue weighted by molar-refractivity contribution is -0.144. The van der Waals surface area contributed by atoms with Crippen molar-refractivity contribution in [1.82, 2.24) is 9.91 Å². The number of carbonyl (C=O) groups excluding carboxylic acids is 4. The van der Waals surface area contributed by atoms with Crippen molar-refractivity contribution in [2.24, 2.45) is 0 Å². The Hall–Kier alpha value is -1.78. The molecule has 0 N–H and O–H groups in total. The highest BCUT2D eigenvalue weighted by Crippen LogP contribution is 2.03. The van der Waals surface area contributed by atoms with Gasteiger partial charge in [-0.15, -0.1) is 0 Å². The van der Waals surface area contributed by atoms with E-state index in [-0.39, 0.29) is 58.7 Å². The molecule has 0 bridgehead atoms. The molecule has 0 aromatic carbocycles. The van der Waals surface area contributed by atoms with Gasteiger partial charge in [0.1, 0.15) is 26.4 Å². The molecule has 0 aliphatic rings. The smallest absolute Gasteiger partial charge is 0.386 e. The van der Waals surface area contributed by atoms with Crippen LogP contribution in [0.5, 0.6) is 0 Å². The van der Waals surface area contributed by atoms with Crippen LogP contribution in [0.15, 0.2) is 0 Å². The summed E-state index contributed by atoms with van der Waals surface area (Å²) in [6, 6.07) is -0.689. The lowest BCUT2D eigenvalue weighted by Crippen LogP contribution is -2.44. The van der Waals surface area contributed by atoms with Crippen molar-refractivity contribution in [3.8, 4) is 0 Å². The maximum absolute atomic E-state index is 12.7. The van der Waals surface area contributed by atoms with Crippen LogP contribution in [0.4, 0.5) is 4.79 Å². The van der Waals surface area contributed by atoms with E-state index in [4.69, 9.17) is 20.8 Å². The van der Waals surface area contributed by atoms with Crippen LogP contribution in [0.1, 0.15) is 19.3 Å². The Morgan fingerprint density at radius 3 is 1.40 bits per heavy atom. The molecule has 30 heavy (non-hydrogen) atoms. The fourth-order valence-electron chi connectivity index (χ4n) is 1.93. The van der Waals surface area contributed by atoms with E-state index in [2.05, 4.69) is 42.8 Å². The highest BCUT2D eigenvalue weighted by molar-refractivity contribution is 7.80. The summed E-state index contributed by atoms with van der Waals surface area (Å²) in [7, 11) is 0. The zero-order valence-electron chi connectivity index (χ0n) is 16.5. The predicted molar refractivity (Wildman–Crippen MR) is 119 cm³/mol. The molecule has 0 unspecified atom stereocenters. The van der Waals surface area contributed by atoms with Crippen molar-refractivity contribution in [2.75, 3.05) is 56.7 Å². The van der Waals surface area contributed by atoms with E-state index in [1.54, 1.807) is 0 Å². The molecule has 0 aromatic heterocycles. The number of thiol groups is 3. The molecule has 0 aliphatic heterocycles. The van der Waals surface area contributed by atoms with Gasteiger partial charge in [0.15, 0.2) is 0 Å². The van der Waals surface area contributed by atoms with Gasteiger partial charge in [-0.1, -0.05) is 0 Å². The SMILES string of the molecule is [C-]#[N+]N(CCOC(=O)CCS)C(=O)N(CCOC(=O)CCS)CCOC(=O)CCS. The Balaban J connectivity index is 4.80. The number of hydrogen-bond acceptors (Lipinski definition) is 10. The van der Waals surface area contributed by atoms with Crippen LogP contribution in [-0.2, 0) is 28.6 Å². The summed E-state index contributed by atoms with van der Waals surface area (Å²) in [5.74, 6) is -0.409. The average Bonchev–Trinajstić information content (AvgIpc) is 2.70. The molecule has 0 aromatic rings. The number of esters is 3. The van der Waals surface area contributed by atoms with Gasteiger partial charge in [0.25, 0.3) is 0 Å². The summed E-state index contributed by atoms with van der Waals surface area (Å²) in [6.45, 7) is 6.72. The van der Waals surface area contributed by atoms with Crippen LogP contribution >= 0.6 is 37.9 Å². The molecular weight excluding hydrogens is 454 g/mol. The lowest BCUT2D eigenvalue weighted by Gasteiger charge is -2.23. The summed E-state index contributed by atoms with van der Waals surface area (Å²) in [4.78, 5) is 51.3. The van der Waals surface area contributed by atoms with Gasteiger partial charge in [0, 0.05) is 17.3 Å². The Morgan fingerprint density at radius 2 is 1.07 bits per heavy atom. The molecule has 2 amide bonds. The van der Waals surface area contributed by atoms with Crippen molar-refractivity contribution in [1.29, 1.82) is 0 Å². The molecule has 170 valence electrons. The summed E-state index contributed by atoms with van der Waals surface area (Å²) < 4.78 is 14.9. The maximum atomic E-state index is 12.7. The maximum Gasteiger partial charge on any atom is 0.386 e. The third kappa shape index (κ3) is 13.4. The first-order valence-electron chi connectivity index (χ1n) is 9.12. The standard InChI is InChI=1S/C17H27N3O7S3/c1-18-20(7-10-27-16(23)4-13-30)17(24)19(5-8-25-14(21)2-11-28)6-9-26-15(22)3-12-29/h28-30H,2-13H2. The molecule has 0 spiro atoms. The third-order valence-electron chi connectivity index (χ3n) is 3.37. The van der Waals surface area contributed by atoms with Crippen LogP contribution < -0.4 is 0 Å². The zero-order chi connectivity index (χ0) is 22.8. The largest absolute Gasteiger partial charge is 0.464 e. The molecule has 0 saturated carbocycles. The number of urea groups is 1. The monoisotopic (exact) mass is 481 g/mol. The molecule has 0 saturated heterocycles. The lowest BCUT2D eigenvalue weighted by atomic mass is 10.4. The van der Waals surface area contributed by atoms with Crippen molar-refractivity contribution < 1.29 is 33.4 Å². The Morgan fingerprint density at radius 1 is 0.700 bits per heavy atom. The number of ether oxygens (including phenoxy) is 3. The van der Waals surface area contributed by atoms with E-state index in [1.165, 1.54) is 4.90 Å². The molecule has 0 atom stereocenters. The number of rotatable bonds is 15. The number of nitrogens with zero attached hydrogens (tertiary/aromatic N) is 3. The average molecular weight is 482 g/mol. The second-order valence-corrected chi connectivity index (χ2v) is 6.92. The topological polar surface area (TPSA) is 107 Å². The molecule has 0 rings (SSSR count). The molecule has 0 aliphatic carbocycles. The Kier molecular flexibility index (Phi) is 17.0. The summed E-state index contributed by atoms with van der Waals surface area (Å²) in [5.41, 5.74) is 0. The van der Waals surface area contributed by atoms with Crippen LogP contribution in [0.3, 0.4) is 0 Å². The minimum Gasteiger partial charge on any atom is -0.464 e. The van der Waals surface area contributed by atoms with E-state index in [1.807, 2.05) is 0 Å². The first-order valence-corrected chi connectivity index (χ1v) is 11.0. The second kappa shape index (κ2) is 18.0. The van der Waals surface area contributed by atoms with Gasteiger partial charge in [-0.3, -0.25) is 14.4 Å². The molecule has 0 heterocycles. The van der Waals surface area contributed by atoms with Crippen LogP contribution in [0.2, 0.25) is 0 Å². The van der Waals surface area contributed by atoms with Crippen LogP contribution in [-0.4, -0.2) is 90.6 Å². The summed E-state index contributed by atoms with van der Waals surface area (Å²) >= 11 is 11.8. The van der Waals surface area contributed by atoms with Crippen molar-refractivity contribution in [3.63, 3.8) is 0 Å². The number of amides is 2. The quantitative estimate of drug-likeness (QED) is 0.106. The van der Waals surface area contributed by atoms with Gasteiger partial charge in [0.05, 0.1) is 32.4 Å². The van der Waals surface area contributed by atoms with Crippen LogP contribution in [0, 0.1) is 6.57 Å². The minimum atomic E-state index is -0.689. The van der Waals surface area contributed by atoms with Gasteiger partial charge in [-0.25, -0.2) is 4.79 Å². The van der Waals surface area contributed by atoms with Crippen molar-refractivity contribution in [2.45, 2.75) is 19.3 Å². The molecule has 0 radical (unpaired) electrons. The first kappa shape index (κ1) is 28.2. The number of carbonyl (C=O) groups is 4. The molecular formula is C17H27N3O7S3. The molecule has 10 nitrogen and oxygen atoms in total. The van der Waals surface area contributed by atoms with E-state index >= 15 is 0 Å². The summed E-state index contributed by atoms with van der Waals surface area (Å²) in [6.07, 6.45) is 0.380. The van der Waals surface area contributed by atoms with E-state index in [0.29, 0.717) is 17.3 Å². The highest BCUT2D eigenvalue weighted by Gasteiger charge is 2.26. The predicted octanol–water partition coefficient (Wildman–Crippen LogP) is 1.13. The zero-order valence-corrected chi connectivity index (χ0v) is 19.2. The van der Waals surface area contributed by atoms with Gasteiger partial charge in [-0.2, -0.15) is 49.4 Å². The molecule has 0 fully saturated rings. The van der Waals surface area contributed by atoms with E-state index < -0.39 is 23.9 Å². The second-order valence-electron chi connectivity index (χ2n) is 5.57. The van der Waals surface area contributed by atoms with E-state index in [9.17, 15) is 19.2 Å². The fourth-order valence-corrected chi connectivity index (χ4v) is 2.48. The normalized spacial score (nSPS) is 9.93. The van der Waals surface area contributed by atoms with Gasteiger partial charge in [-0.05, 0) is 5.01 Å². The Bertz CT molecular complexity index is 578. The number of hydrogen-bond donors (Lipinski definition) is 3. The van der Waals surface area contributed by atoms with Crippen molar-refractivity contribution in [3.05, 3.63) is 11.5 Å². The summed E-state index contributed by atoms with van der Waals surface area (Å²) in [5, 5.41) is 0.791. The third-order valence-corrected chi connectivity index (χ3v) is 4.05. The first-order chi connectivity index (χ1) is 14.4. The Labute approximate surface area is 192 Å². The van der Waals surface area contributed by atoms with E-state index in [0.717, 1.165) is 5.01 Å². The molecule has 13 heteroatoms. The van der Waals surface area contributed by atoms with Gasteiger partial charge >= 0.3 is 23.9 Å².